The summed E-state index contributed by atoms with van der Waals surface area (Å²) in [6, 6.07) is 8.57. The van der Waals surface area contributed by atoms with Gasteiger partial charge in [0, 0.05) is 19.2 Å². The molecule has 2 N–H and O–H groups in total. The number of nitrogens with one attached hydrogen (secondary N) is 2. The lowest BCUT2D eigenvalue weighted by atomic mass is 10.1. The average Bonchev–Trinajstić information content (AvgIpc) is 2.67. The minimum atomic E-state index is -0.797. The van der Waals surface area contributed by atoms with Crippen LogP contribution in [-0.4, -0.2) is 53.5 Å². The van der Waals surface area contributed by atoms with Crippen molar-refractivity contribution in [2.45, 2.75) is 25.8 Å². The van der Waals surface area contributed by atoms with Crippen molar-refractivity contribution in [3.8, 4) is 0 Å². The third-order valence-electron chi connectivity index (χ3n) is 3.88. The fourth-order valence-electron chi connectivity index (χ4n) is 2.55. The highest BCUT2D eigenvalue weighted by atomic mass is 32.1. The van der Waals surface area contributed by atoms with E-state index < -0.39 is 17.9 Å². The second kappa shape index (κ2) is 10.4. The van der Waals surface area contributed by atoms with Crippen LogP contribution in [0.4, 0.5) is 0 Å². The maximum atomic E-state index is 12.2. The molecule has 2 amide bonds. The molecule has 27 heavy (non-hydrogen) atoms. The van der Waals surface area contributed by atoms with Gasteiger partial charge in [-0.2, -0.15) is 0 Å². The highest BCUT2D eigenvalue weighted by Gasteiger charge is 2.34. The van der Waals surface area contributed by atoms with Gasteiger partial charge >= 0.3 is 5.97 Å². The first kappa shape index (κ1) is 20.6. The van der Waals surface area contributed by atoms with Gasteiger partial charge < -0.3 is 15.0 Å². The summed E-state index contributed by atoms with van der Waals surface area (Å²) in [5.41, 5.74) is 0.882. The van der Waals surface area contributed by atoms with E-state index in [1.54, 1.807) is 11.0 Å². The van der Waals surface area contributed by atoms with E-state index in [0.717, 1.165) is 5.56 Å². The number of hydrogen-bond donors (Lipinski definition) is 2. The Balaban J connectivity index is 1.96. The molecule has 1 aliphatic rings. The molecule has 7 nitrogen and oxygen atoms in total. The number of carbonyl (C=O) groups is 3. The number of piperazine rings is 1. The third kappa shape index (κ3) is 6.49. The van der Waals surface area contributed by atoms with Gasteiger partial charge in [-0.1, -0.05) is 37.3 Å². The summed E-state index contributed by atoms with van der Waals surface area (Å²) in [4.78, 5) is 37.7. The van der Waals surface area contributed by atoms with Crippen molar-refractivity contribution in [1.82, 2.24) is 15.5 Å². The molecular weight excluding hydrogens is 366 g/mol. The Kier molecular flexibility index (Phi) is 7.94. The van der Waals surface area contributed by atoms with Crippen molar-refractivity contribution in [1.29, 1.82) is 0 Å². The van der Waals surface area contributed by atoms with Crippen LogP contribution < -0.4 is 10.6 Å². The van der Waals surface area contributed by atoms with Crippen LogP contribution in [0.5, 0.6) is 0 Å². The Morgan fingerprint density at radius 1 is 1.37 bits per heavy atom. The fraction of sp³-hybridized carbons (Fsp3) is 0.368. The number of benzene rings is 1. The Labute approximate surface area is 163 Å². The molecular formula is C19H23N3O4S. The van der Waals surface area contributed by atoms with Crippen molar-refractivity contribution in [2.75, 3.05) is 19.7 Å². The molecule has 1 aromatic rings. The molecule has 1 aromatic carbocycles. The fourth-order valence-corrected chi connectivity index (χ4v) is 2.87. The molecule has 1 aliphatic heterocycles. The molecule has 0 spiro atoms. The first-order valence-electron chi connectivity index (χ1n) is 8.79. The Bertz CT molecular complexity index is 721. The van der Waals surface area contributed by atoms with Crippen molar-refractivity contribution < 1.29 is 19.1 Å². The van der Waals surface area contributed by atoms with Gasteiger partial charge in [0.05, 0.1) is 13.0 Å². The van der Waals surface area contributed by atoms with E-state index in [2.05, 4.69) is 10.6 Å². The summed E-state index contributed by atoms with van der Waals surface area (Å²) in [5.74, 6) is -1.18. The Hall–Kier alpha value is -2.74. The SMILES string of the molecule is CCCOC(=O)CC1C(=O)NCCN1C(=S)NC(=O)/C=C/c1ccccc1. The first-order chi connectivity index (χ1) is 13.0. The van der Waals surface area contributed by atoms with Gasteiger partial charge in [-0.15, -0.1) is 0 Å². The zero-order chi connectivity index (χ0) is 19.6. The summed E-state index contributed by atoms with van der Waals surface area (Å²) in [5, 5.41) is 5.40. The average molecular weight is 389 g/mol. The number of hydrogen-bond acceptors (Lipinski definition) is 5. The second-order valence-corrected chi connectivity index (χ2v) is 6.35. The minimum Gasteiger partial charge on any atom is -0.466 e. The molecule has 0 aromatic heterocycles. The smallest absolute Gasteiger partial charge is 0.308 e. The summed E-state index contributed by atoms with van der Waals surface area (Å²) < 4.78 is 5.05. The van der Waals surface area contributed by atoms with Gasteiger partial charge in [0.15, 0.2) is 5.11 Å². The van der Waals surface area contributed by atoms with Crippen LogP contribution in [0, 0.1) is 0 Å². The van der Waals surface area contributed by atoms with Crippen molar-refractivity contribution in [3.05, 3.63) is 42.0 Å². The summed E-state index contributed by atoms with van der Waals surface area (Å²) in [7, 11) is 0. The molecule has 2 rings (SSSR count). The molecule has 0 saturated carbocycles. The second-order valence-electron chi connectivity index (χ2n) is 5.96. The molecule has 1 saturated heterocycles. The molecule has 0 radical (unpaired) electrons. The number of nitrogens with zero attached hydrogens (tertiary/aromatic N) is 1. The molecule has 8 heteroatoms. The Morgan fingerprint density at radius 2 is 2.11 bits per heavy atom. The summed E-state index contributed by atoms with van der Waals surface area (Å²) >= 11 is 5.28. The van der Waals surface area contributed by atoms with E-state index in [1.807, 2.05) is 37.3 Å². The predicted octanol–water partition coefficient (Wildman–Crippen LogP) is 1.24. The molecule has 0 bridgehead atoms. The van der Waals surface area contributed by atoms with Gasteiger partial charge in [-0.3, -0.25) is 19.7 Å². The van der Waals surface area contributed by atoms with Crippen molar-refractivity contribution in [3.63, 3.8) is 0 Å². The van der Waals surface area contributed by atoms with E-state index >= 15 is 0 Å². The predicted molar refractivity (Wildman–Crippen MR) is 106 cm³/mol. The van der Waals surface area contributed by atoms with Gasteiger partial charge in [0.2, 0.25) is 11.8 Å². The molecule has 1 fully saturated rings. The van der Waals surface area contributed by atoms with Crippen LogP contribution >= 0.6 is 12.2 Å². The molecule has 1 heterocycles. The lowest BCUT2D eigenvalue weighted by Gasteiger charge is -2.36. The number of rotatable bonds is 6. The maximum Gasteiger partial charge on any atom is 0.308 e. The third-order valence-corrected chi connectivity index (χ3v) is 4.21. The van der Waals surface area contributed by atoms with Crippen LogP contribution in [0.1, 0.15) is 25.3 Å². The standard InChI is InChI=1S/C19H23N3O4S/c1-2-12-26-17(24)13-15-18(25)20-10-11-22(15)19(27)21-16(23)9-8-14-6-4-3-5-7-14/h3-9,15H,2,10-13H2,1H3,(H,20,25)(H,21,23,27)/b9-8+. The number of amides is 2. The highest BCUT2D eigenvalue weighted by molar-refractivity contribution is 7.80. The van der Waals surface area contributed by atoms with Gasteiger partial charge in [-0.05, 0) is 30.3 Å². The zero-order valence-corrected chi connectivity index (χ0v) is 16.0. The van der Waals surface area contributed by atoms with Crippen LogP contribution in [0.25, 0.3) is 6.08 Å². The minimum absolute atomic E-state index is 0.112. The molecule has 0 aliphatic carbocycles. The Morgan fingerprint density at radius 3 is 2.81 bits per heavy atom. The van der Waals surface area contributed by atoms with Crippen LogP contribution in [0.3, 0.4) is 0 Å². The molecule has 1 unspecified atom stereocenters. The number of esters is 1. The van der Waals surface area contributed by atoms with E-state index in [4.69, 9.17) is 17.0 Å². The number of carbonyl (C=O) groups excluding carboxylic acids is 3. The monoisotopic (exact) mass is 389 g/mol. The van der Waals surface area contributed by atoms with E-state index in [1.165, 1.54) is 6.08 Å². The van der Waals surface area contributed by atoms with Crippen LogP contribution in [0.2, 0.25) is 0 Å². The van der Waals surface area contributed by atoms with Gasteiger partial charge in [0.25, 0.3) is 0 Å². The lowest BCUT2D eigenvalue weighted by Crippen LogP contribution is -2.60. The highest BCUT2D eigenvalue weighted by Crippen LogP contribution is 2.11. The van der Waals surface area contributed by atoms with E-state index in [0.29, 0.717) is 26.1 Å². The van der Waals surface area contributed by atoms with Gasteiger partial charge in [-0.25, -0.2) is 0 Å². The normalized spacial score (nSPS) is 16.7. The summed E-state index contributed by atoms with van der Waals surface area (Å²) in [6.45, 7) is 2.98. The first-order valence-corrected chi connectivity index (χ1v) is 9.20. The van der Waals surface area contributed by atoms with E-state index in [-0.39, 0.29) is 17.4 Å². The van der Waals surface area contributed by atoms with Crippen molar-refractivity contribution in [2.24, 2.45) is 0 Å². The molecule has 144 valence electrons. The number of thiocarbonyl (C=S) groups is 1. The zero-order valence-electron chi connectivity index (χ0n) is 15.1. The maximum absolute atomic E-state index is 12.2. The quantitative estimate of drug-likeness (QED) is 0.433. The lowest BCUT2D eigenvalue weighted by molar-refractivity contribution is -0.147. The van der Waals surface area contributed by atoms with Crippen LogP contribution in [0.15, 0.2) is 36.4 Å². The largest absolute Gasteiger partial charge is 0.466 e. The number of ether oxygens (including phenoxy) is 1. The summed E-state index contributed by atoms with van der Waals surface area (Å²) in [6.07, 6.45) is 3.62. The van der Waals surface area contributed by atoms with Crippen LogP contribution in [-0.2, 0) is 19.1 Å². The van der Waals surface area contributed by atoms with E-state index in [9.17, 15) is 14.4 Å². The topological polar surface area (TPSA) is 87.7 Å². The van der Waals surface area contributed by atoms with Gasteiger partial charge in [0.1, 0.15) is 6.04 Å². The van der Waals surface area contributed by atoms with Crippen molar-refractivity contribution >= 4 is 41.2 Å². The molecule has 1 atom stereocenters.